The van der Waals surface area contributed by atoms with E-state index in [-0.39, 0.29) is 6.04 Å². The molecule has 16 heavy (non-hydrogen) atoms. The Morgan fingerprint density at radius 3 is 2.88 bits per heavy atom. The summed E-state index contributed by atoms with van der Waals surface area (Å²) in [4.78, 5) is 1.000. The molecule has 0 amide bonds. The zero-order valence-electron chi connectivity index (χ0n) is 9.40. The summed E-state index contributed by atoms with van der Waals surface area (Å²) in [5.74, 6) is 2.57. The van der Waals surface area contributed by atoms with E-state index in [1.165, 1.54) is 0 Å². The molecular weight excluding hydrogens is 222 g/mol. The van der Waals surface area contributed by atoms with Gasteiger partial charge in [0.05, 0.1) is 12.0 Å². The molecule has 0 aliphatic heterocycles. The van der Waals surface area contributed by atoms with Crippen molar-refractivity contribution < 1.29 is 9.15 Å². The molecule has 86 valence electrons. The van der Waals surface area contributed by atoms with Crippen molar-refractivity contribution in [3.05, 3.63) is 40.0 Å². The van der Waals surface area contributed by atoms with E-state index in [0.29, 0.717) is 0 Å². The molecule has 2 N–H and O–H groups in total. The number of furan rings is 1. The number of methoxy groups -OCH3 is 1. The highest BCUT2D eigenvalue weighted by Gasteiger charge is 2.18. The molecule has 0 saturated carbocycles. The molecule has 1 unspecified atom stereocenters. The van der Waals surface area contributed by atoms with Gasteiger partial charge in [0, 0.05) is 6.42 Å². The molecule has 0 bridgehead atoms. The summed E-state index contributed by atoms with van der Waals surface area (Å²) < 4.78 is 10.9. The Bertz CT molecular complexity index is 461. The number of hydrogen-bond acceptors (Lipinski definition) is 4. The van der Waals surface area contributed by atoms with Crippen LogP contribution in [0.2, 0.25) is 0 Å². The van der Waals surface area contributed by atoms with Crippen molar-refractivity contribution in [3.63, 3.8) is 0 Å². The Hall–Kier alpha value is -1.26. The second-order valence-electron chi connectivity index (χ2n) is 3.49. The van der Waals surface area contributed by atoms with Crippen LogP contribution < -0.4 is 10.5 Å². The summed E-state index contributed by atoms with van der Waals surface area (Å²) in [6.45, 7) is 2.06. The van der Waals surface area contributed by atoms with Gasteiger partial charge in [-0.3, -0.25) is 0 Å². The van der Waals surface area contributed by atoms with Gasteiger partial charge in [0.2, 0.25) is 0 Å². The molecule has 0 saturated heterocycles. The predicted molar refractivity (Wildman–Crippen MR) is 65.0 cm³/mol. The summed E-state index contributed by atoms with van der Waals surface area (Å²) in [6.07, 6.45) is 0.883. The van der Waals surface area contributed by atoms with Crippen molar-refractivity contribution in [1.82, 2.24) is 0 Å². The van der Waals surface area contributed by atoms with Gasteiger partial charge < -0.3 is 14.9 Å². The molecule has 4 heteroatoms. The molecule has 2 aromatic rings. The molecule has 0 aliphatic rings. The van der Waals surface area contributed by atoms with Crippen LogP contribution in [0.15, 0.2) is 28.0 Å². The molecule has 0 radical (unpaired) electrons. The summed E-state index contributed by atoms with van der Waals surface area (Å²) >= 11 is 1.58. The van der Waals surface area contributed by atoms with Crippen LogP contribution in [-0.4, -0.2) is 7.11 Å². The van der Waals surface area contributed by atoms with E-state index in [9.17, 15) is 0 Å². The SMILES string of the molecule is CCc1ccc(C(N)c2sccc2OC)o1. The second-order valence-corrected chi connectivity index (χ2v) is 4.44. The van der Waals surface area contributed by atoms with Crippen LogP contribution in [0.4, 0.5) is 0 Å². The lowest BCUT2D eigenvalue weighted by Gasteiger charge is -2.08. The summed E-state index contributed by atoms with van der Waals surface area (Å²) in [7, 11) is 1.65. The van der Waals surface area contributed by atoms with E-state index in [2.05, 4.69) is 6.92 Å². The van der Waals surface area contributed by atoms with Gasteiger partial charge in [0.25, 0.3) is 0 Å². The number of aryl methyl sites for hydroxylation is 1. The zero-order chi connectivity index (χ0) is 11.5. The molecule has 2 heterocycles. The van der Waals surface area contributed by atoms with E-state index in [0.717, 1.165) is 28.6 Å². The van der Waals surface area contributed by atoms with Crippen LogP contribution in [-0.2, 0) is 6.42 Å². The first kappa shape index (κ1) is 11.2. The fourth-order valence-corrected chi connectivity index (χ4v) is 2.45. The van der Waals surface area contributed by atoms with Gasteiger partial charge in [-0.05, 0) is 23.6 Å². The average molecular weight is 237 g/mol. The van der Waals surface area contributed by atoms with Gasteiger partial charge in [-0.2, -0.15) is 0 Å². The van der Waals surface area contributed by atoms with Crippen molar-refractivity contribution in [2.75, 3.05) is 7.11 Å². The third kappa shape index (κ3) is 1.99. The van der Waals surface area contributed by atoms with Crippen molar-refractivity contribution in [2.45, 2.75) is 19.4 Å². The van der Waals surface area contributed by atoms with Crippen LogP contribution >= 0.6 is 11.3 Å². The van der Waals surface area contributed by atoms with Crippen LogP contribution in [0.5, 0.6) is 5.75 Å². The van der Waals surface area contributed by atoms with E-state index in [4.69, 9.17) is 14.9 Å². The molecule has 2 rings (SSSR count). The second kappa shape index (κ2) is 4.72. The topological polar surface area (TPSA) is 48.4 Å². The predicted octanol–water partition coefficient (Wildman–Crippen LogP) is 2.96. The normalized spacial score (nSPS) is 12.7. The molecule has 3 nitrogen and oxygen atoms in total. The molecule has 1 atom stereocenters. The lowest BCUT2D eigenvalue weighted by molar-refractivity contribution is 0.404. The zero-order valence-corrected chi connectivity index (χ0v) is 10.2. The van der Waals surface area contributed by atoms with Crippen LogP contribution in [0.3, 0.4) is 0 Å². The van der Waals surface area contributed by atoms with Gasteiger partial charge in [-0.25, -0.2) is 0 Å². The van der Waals surface area contributed by atoms with Gasteiger partial charge >= 0.3 is 0 Å². The third-order valence-corrected chi connectivity index (χ3v) is 3.48. The molecular formula is C12H15NO2S. The minimum absolute atomic E-state index is 0.241. The van der Waals surface area contributed by atoms with Crippen LogP contribution in [0.25, 0.3) is 0 Å². The van der Waals surface area contributed by atoms with Crippen LogP contribution in [0, 0.1) is 0 Å². The Morgan fingerprint density at radius 1 is 1.44 bits per heavy atom. The summed E-state index contributed by atoms with van der Waals surface area (Å²) in [6, 6.07) is 5.58. The molecule has 2 aromatic heterocycles. The Morgan fingerprint density at radius 2 is 2.25 bits per heavy atom. The first-order valence-corrected chi connectivity index (χ1v) is 6.09. The molecule has 0 spiro atoms. The van der Waals surface area contributed by atoms with E-state index >= 15 is 0 Å². The Balaban J connectivity index is 2.27. The summed E-state index contributed by atoms with van der Waals surface area (Å²) in [5, 5.41) is 1.97. The first-order chi connectivity index (χ1) is 7.76. The van der Waals surface area contributed by atoms with Crippen molar-refractivity contribution in [2.24, 2.45) is 5.73 Å². The highest BCUT2D eigenvalue weighted by Crippen LogP contribution is 2.33. The smallest absolute Gasteiger partial charge is 0.134 e. The van der Waals surface area contributed by atoms with Crippen molar-refractivity contribution >= 4 is 11.3 Å². The summed E-state index contributed by atoms with van der Waals surface area (Å²) in [5.41, 5.74) is 6.14. The number of rotatable bonds is 4. The fraction of sp³-hybridized carbons (Fsp3) is 0.333. The van der Waals surface area contributed by atoms with E-state index < -0.39 is 0 Å². The van der Waals surface area contributed by atoms with E-state index in [1.54, 1.807) is 18.4 Å². The number of nitrogens with two attached hydrogens (primary N) is 1. The fourth-order valence-electron chi connectivity index (χ4n) is 1.59. The number of thiophene rings is 1. The maximum atomic E-state index is 6.14. The monoisotopic (exact) mass is 237 g/mol. The lowest BCUT2D eigenvalue weighted by Crippen LogP contribution is -2.10. The van der Waals surface area contributed by atoms with Crippen molar-refractivity contribution in [1.29, 1.82) is 0 Å². The van der Waals surface area contributed by atoms with Gasteiger partial charge in [0.1, 0.15) is 23.3 Å². The van der Waals surface area contributed by atoms with Gasteiger partial charge in [-0.1, -0.05) is 6.92 Å². The third-order valence-electron chi connectivity index (χ3n) is 2.50. The molecule has 0 aliphatic carbocycles. The van der Waals surface area contributed by atoms with Crippen LogP contribution in [0.1, 0.15) is 29.4 Å². The first-order valence-electron chi connectivity index (χ1n) is 5.21. The highest BCUT2D eigenvalue weighted by molar-refractivity contribution is 7.10. The average Bonchev–Trinajstić information content (AvgIpc) is 2.96. The van der Waals surface area contributed by atoms with E-state index in [1.807, 2.05) is 23.6 Å². The molecule has 0 aromatic carbocycles. The maximum absolute atomic E-state index is 6.14. The number of hydrogen-bond donors (Lipinski definition) is 1. The minimum Gasteiger partial charge on any atom is -0.496 e. The Labute approximate surface area is 98.8 Å². The van der Waals surface area contributed by atoms with Gasteiger partial charge in [0.15, 0.2) is 0 Å². The molecule has 0 fully saturated rings. The standard InChI is InChI=1S/C12H15NO2S/c1-3-8-4-5-9(15-8)11(13)12-10(14-2)6-7-16-12/h4-7,11H,3,13H2,1-2H3. The maximum Gasteiger partial charge on any atom is 0.134 e. The van der Waals surface area contributed by atoms with Gasteiger partial charge in [-0.15, -0.1) is 11.3 Å². The largest absolute Gasteiger partial charge is 0.496 e. The number of ether oxygens (including phenoxy) is 1. The quantitative estimate of drug-likeness (QED) is 0.889. The minimum atomic E-state index is -0.241. The highest BCUT2D eigenvalue weighted by atomic mass is 32.1. The lowest BCUT2D eigenvalue weighted by atomic mass is 10.2. The Kier molecular flexibility index (Phi) is 3.31. The van der Waals surface area contributed by atoms with Crippen molar-refractivity contribution in [3.8, 4) is 5.75 Å².